The molecule has 0 spiro atoms. The summed E-state index contributed by atoms with van der Waals surface area (Å²) in [5.41, 5.74) is 5.60. The van der Waals surface area contributed by atoms with Crippen LogP contribution in [0, 0.1) is 26.0 Å². The summed E-state index contributed by atoms with van der Waals surface area (Å²) in [7, 11) is 0. The van der Waals surface area contributed by atoms with E-state index in [2.05, 4.69) is 40.8 Å². The predicted octanol–water partition coefficient (Wildman–Crippen LogP) is 5.77. The lowest BCUT2D eigenvalue weighted by Crippen LogP contribution is -2.38. The number of amides is 1. The van der Waals surface area contributed by atoms with Crippen molar-refractivity contribution in [1.29, 1.82) is 0 Å². The van der Waals surface area contributed by atoms with E-state index in [9.17, 15) is 10.0 Å². The van der Waals surface area contributed by atoms with Crippen LogP contribution in [-0.4, -0.2) is 5.91 Å². The first kappa shape index (κ1) is 22.4. The van der Waals surface area contributed by atoms with Crippen LogP contribution >= 0.6 is 27.5 Å². The van der Waals surface area contributed by atoms with Crippen molar-refractivity contribution < 1.29 is 9.52 Å². The molecule has 0 saturated heterocycles. The molecule has 0 fully saturated rings. The molecule has 1 heterocycles. The molecule has 0 atom stereocenters. The summed E-state index contributed by atoms with van der Waals surface area (Å²) in [5, 5.41) is 15.9. The Morgan fingerprint density at radius 3 is 2.43 bits per heavy atom. The summed E-state index contributed by atoms with van der Waals surface area (Å²) >= 11 is 10.2. The molecule has 0 aliphatic rings. The summed E-state index contributed by atoms with van der Waals surface area (Å²) in [4.78, 5) is 13.2. The van der Waals surface area contributed by atoms with E-state index in [1.165, 1.54) is 0 Å². The van der Waals surface area contributed by atoms with E-state index in [4.69, 9.17) is 11.6 Å². The van der Waals surface area contributed by atoms with E-state index in [0.29, 0.717) is 22.7 Å². The minimum atomic E-state index is -0.377. The number of carbonyl (C=O) groups is 1. The molecule has 0 aliphatic carbocycles. The molecular formula is C22H26BrClN2O2. The van der Waals surface area contributed by atoms with Crippen LogP contribution in [0.2, 0.25) is 5.02 Å². The topological polar surface area (TPSA) is 56.0 Å². The van der Waals surface area contributed by atoms with Crippen molar-refractivity contribution in [3.63, 3.8) is 0 Å². The van der Waals surface area contributed by atoms with E-state index in [0.717, 1.165) is 44.4 Å². The minimum Gasteiger partial charge on any atom is -0.618 e. The molecule has 4 nitrogen and oxygen atoms in total. The van der Waals surface area contributed by atoms with Gasteiger partial charge in [-0.3, -0.25) is 4.79 Å². The Bertz CT molecular complexity index is 955. The number of carbonyl (C=O) groups excluding carboxylic acids is 1. The van der Waals surface area contributed by atoms with Crippen molar-refractivity contribution in [3.05, 3.63) is 72.6 Å². The highest BCUT2D eigenvalue weighted by Crippen LogP contribution is 2.34. The molecule has 0 bridgehead atoms. The molecule has 0 unspecified atom stereocenters. The molecule has 1 N–H and O–H groups in total. The first-order chi connectivity index (χ1) is 13.2. The molecule has 28 heavy (non-hydrogen) atoms. The SMILES string of the molecule is C=CCc1c(Cl)c(C(=O)Nc2c(CC)cc(C)c(Br)c2CC)c(C)[n+]([O-])c1C. The van der Waals surface area contributed by atoms with Gasteiger partial charge in [-0.15, -0.1) is 6.58 Å². The van der Waals surface area contributed by atoms with Gasteiger partial charge in [-0.1, -0.05) is 53.5 Å². The second-order valence-electron chi connectivity index (χ2n) is 6.81. The Morgan fingerprint density at radius 1 is 1.25 bits per heavy atom. The van der Waals surface area contributed by atoms with Crippen molar-refractivity contribution in [2.75, 3.05) is 5.32 Å². The predicted molar refractivity (Wildman–Crippen MR) is 119 cm³/mol. The average Bonchev–Trinajstić information content (AvgIpc) is 2.66. The number of aromatic nitrogens is 1. The highest BCUT2D eigenvalue weighted by atomic mass is 79.9. The fourth-order valence-electron chi connectivity index (χ4n) is 3.47. The molecule has 0 saturated carbocycles. The summed E-state index contributed by atoms with van der Waals surface area (Å²) in [6.07, 6.45) is 3.63. The van der Waals surface area contributed by atoms with Gasteiger partial charge in [0.2, 0.25) is 5.69 Å². The number of halogens is 2. The van der Waals surface area contributed by atoms with Crippen LogP contribution in [0.4, 0.5) is 5.69 Å². The lowest BCUT2D eigenvalue weighted by molar-refractivity contribution is -0.619. The number of hydrogen-bond donors (Lipinski definition) is 1. The van der Waals surface area contributed by atoms with Crippen LogP contribution in [0.1, 0.15) is 57.8 Å². The average molecular weight is 466 g/mol. The van der Waals surface area contributed by atoms with Gasteiger partial charge in [-0.05, 0) is 42.9 Å². The second kappa shape index (κ2) is 9.10. The van der Waals surface area contributed by atoms with Crippen molar-refractivity contribution in [3.8, 4) is 0 Å². The Balaban J connectivity index is 2.64. The Hall–Kier alpha value is -1.85. The number of anilines is 1. The van der Waals surface area contributed by atoms with Crippen molar-refractivity contribution in [2.45, 2.75) is 53.9 Å². The lowest BCUT2D eigenvalue weighted by atomic mass is 9.98. The number of rotatable bonds is 6. The zero-order chi connectivity index (χ0) is 21.2. The largest absolute Gasteiger partial charge is 0.618 e. The Morgan fingerprint density at radius 2 is 1.89 bits per heavy atom. The van der Waals surface area contributed by atoms with Gasteiger partial charge in [0, 0.05) is 29.6 Å². The molecule has 1 aromatic carbocycles. The van der Waals surface area contributed by atoms with Gasteiger partial charge < -0.3 is 10.5 Å². The molecule has 0 radical (unpaired) electrons. The molecular weight excluding hydrogens is 440 g/mol. The molecule has 1 aromatic heterocycles. The Kier molecular flexibility index (Phi) is 7.29. The summed E-state index contributed by atoms with van der Waals surface area (Å²) < 4.78 is 1.76. The van der Waals surface area contributed by atoms with Gasteiger partial charge in [-0.25, -0.2) is 0 Å². The normalized spacial score (nSPS) is 10.8. The van der Waals surface area contributed by atoms with E-state index < -0.39 is 0 Å². The number of benzene rings is 1. The first-order valence-corrected chi connectivity index (χ1v) is 10.5. The summed E-state index contributed by atoms with van der Waals surface area (Å²) in [6, 6.07) is 2.07. The maximum atomic E-state index is 13.2. The minimum absolute atomic E-state index is 0.208. The number of nitrogens with zero attached hydrogens (tertiary/aromatic N) is 1. The summed E-state index contributed by atoms with van der Waals surface area (Å²) in [5.74, 6) is -0.377. The third-order valence-electron chi connectivity index (χ3n) is 5.07. The van der Waals surface area contributed by atoms with Crippen LogP contribution in [-0.2, 0) is 19.3 Å². The van der Waals surface area contributed by atoms with Crippen LogP contribution in [0.5, 0.6) is 0 Å². The van der Waals surface area contributed by atoms with Crippen LogP contribution in [0.15, 0.2) is 23.2 Å². The summed E-state index contributed by atoms with van der Waals surface area (Å²) in [6.45, 7) is 13.2. The molecule has 2 rings (SSSR count). The Labute approximate surface area is 180 Å². The zero-order valence-corrected chi connectivity index (χ0v) is 19.3. The molecule has 2 aromatic rings. The fraction of sp³-hybridized carbons (Fsp3) is 0.364. The van der Waals surface area contributed by atoms with E-state index in [-0.39, 0.29) is 17.2 Å². The van der Waals surface area contributed by atoms with E-state index >= 15 is 0 Å². The maximum Gasteiger partial charge on any atom is 0.263 e. The highest BCUT2D eigenvalue weighted by molar-refractivity contribution is 9.10. The monoisotopic (exact) mass is 464 g/mol. The van der Waals surface area contributed by atoms with Crippen LogP contribution in [0.25, 0.3) is 0 Å². The standard InChI is InChI=1S/C22H26BrClN2O2/c1-7-10-17-13(5)26(28)14(6)18(20(17)24)22(27)25-21-15(8-2)11-12(4)19(23)16(21)9-3/h7,11H,1,8-10H2,2-6H3,(H,25,27). The third kappa shape index (κ3) is 3.96. The second-order valence-corrected chi connectivity index (χ2v) is 7.98. The van der Waals surface area contributed by atoms with E-state index in [1.807, 2.05) is 13.8 Å². The van der Waals surface area contributed by atoms with Crippen molar-refractivity contribution in [2.24, 2.45) is 0 Å². The van der Waals surface area contributed by atoms with Crippen LogP contribution in [0.3, 0.4) is 0 Å². The van der Waals surface area contributed by atoms with Gasteiger partial charge >= 0.3 is 0 Å². The fourth-order valence-corrected chi connectivity index (χ4v) is 4.50. The number of nitrogens with one attached hydrogen (secondary N) is 1. The quantitative estimate of drug-likeness (QED) is 0.335. The van der Waals surface area contributed by atoms with Crippen molar-refractivity contribution >= 4 is 39.1 Å². The maximum absolute atomic E-state index is 13.2. The molecule has 0 aliphatic heterocycles. The number of allylic oxidation sites excluding steroid dienone is 1. The highest BCUT2D eigenvalue weighted by Gasteiger charge is 2.27. The van der Waals surface area contributed by atoms with Gasteiger partial charge in [0.25, 0.3) is 5.91 Å². The molecule has 150 valence electrons. The molecule has 6 heteroatoms. The number of hydrogen-bond acceptors (Lipinski definition) is 2. The third-order valence-corrected chi connectivity index (χ3v) is 6.59. The number of pyridine rings is 1. The van der Waals surface area contributed by atoms with Crippen LogP contribution < -0.4 is 10.0 Å². The first-order valence-electron chi connectivity index (χ1n) is 9.33. The van der Waals surface area contributed by atoms with Gasteiger partial charge in [0.15, 0.2) is 5.69 Å². The van der Waals surface area contributed by atoms with Gasteiger partial charge in [0.1, 0.15) is 5.56 Å². The molecule has 1 amide bonds. The lowest BCUT2D eigenvalue weighted by Gasteiger charge is -2.20. The van der Waals surface area contributed by atoms with Crippen molar-refractivity contribution in [1.82, 2.24) is 0 Å². The smallest absolute Gasteiger partial charge is 0.263 e. The van der Waals surface area contributed by atoms with Gasteiger partial charge in [0.05, 0.1) is 5.02 Å². The van der Waals surface area contributed by atoms with Gasteiger partial charge in [-0.2, -0.15) is 4.73 Å². The number of aryl methyl sites for hydroxylation is 2. The zero-order valence-electron chi connectivity index (χ0n) is 17.0. The van der Waals surface area contributed by atoms with E-state index in [1.54, 1.807) is 19.9 Å².